The molecule has 1 fully saturated rings. The summed E-state index contributed by atoms with van der Waals surface area (Å²) in [5.41, 5.74) is 7.88. The Kier molecular flexibility index (Phi) is 7.88. The molecule has 2 aromatic heterocycles. The number of aromatic nitrogens is 4. The van der Waals surface area contributed by atoms with Crippen molar-refractivity contribution in [3.8, 4) is 0 Å². The van der Waals surface area contributed by atoms with Gasteiger partial charge in [0.25, 0.3) is 0 Å². The standard InChI is InChI=1S/C36H39N5O/c1-4-27-12-17-31(18-13-27)36(29-8-6-5-7-9-29,30-15-10-25(2)11-16-30)21-20-28-14-19-32(22-28)41-24-39-33-34(40-26(3)42)37-23-38-35(33)41/h5-13,15-18,23-24,28,32H,4,14,19-22H2,1-3H3,(H,37,38,40,42). The highest BCUT2D eigenvalue weighted by Gasteiger charge is 2.38. The van der Waals surface area contributed by atoms with Gasteiger partial charge in [-0.3, -0.25) is 4.79 Å². The maximum Gasteiger partial charge on any atom is 0.222 e. The maximum absolute atomic E-state index is 11.7. The molecule has 0 spiro atoms. The molecule has 6 rings (SSSR count). The molecule has 3 unspecified atom stereocenters. The van der Waals surface area contributed by atoms with Crippen molar-refractivity contribution in [1.29, 1.82) is 0 Å². The topological polar surface area (TPSA) is 72.7 Å². The number of benzene rings is 3. The Labute approximate surface area is 248 Å². The van der Waals surface area contributed by atoms with Crippen LogP contribution < -0.4 is 5.32 Å². The minimum Gasteiger partial charge on any atom is -0.312 e. The van der Waals surface area contributed by atoms with Gasteiger partial charge in [0.15, 0.2) is 17.0 Å². The van der Waals surface area contributed by atoms with Gasteiger partial charge in [0.2, 0.25) is 5.91 Å². The Morgan fingerprint density at radius 3 is 2.29 bits per heavy atom. The monoisotopic (exact) mass is 557 g/mol. The molecule has 0 saturated heterocycles. The first-order valence-corrected chi connectivity index (χ1v) is 15.1. The molecule has 1 N–H and O–H groups in total. The molecule has 1 amide bonds. The number of imidazole rings is 1. The van der Waals surface area contributed by atoms with Crippen LogP contribution in [0.2, 0.25) is 0 Å². The van der Waals surface area contributed by atoms with E-state index in [2.05, 4.69) is 118 Å². The average Bonchev–Trinajstić information content (AvgIpc) is 3.67. The van der Waals surface area contributed by atoms with Crippen molar-refractivity contribution in [2.24, 2.45) is 5.92 Å². The number of nitrogens with zero attached hydrogens (tertiary/aromatic N) is 4. The third kappa shape index (κ3) is 5.34. The molecule has 42 heavy (non-hydrogen) atoms. The minimum atomic E-state index is -0.235. The van der Waals surface area contributed by atoms with Gasteiger partial charge >= 0.3 is 0 Å². The zero-order chi connectivity index (χ0) is 29.1. The Balaban J connectivity index is 1.31. The van der Waals surface area contributed by atoms with E-state index in [1.54, 1.807) is 0 Å². The van der Waals surface area contributed by atoms with Crippen LogP contribution in [0.3, 0.4) is 0 Å². The number of amides is 1. The molecule has 3 aromatic carbocycles. The van der Waals surface area contributed by atoms with Gasteiger partial charge in [-0.2, -0.15) is 0 Å². The zero-order valence-corrected chi connectivity index (χ0v) is 24.8. The number of hydrogen-bond donors (Lipinski definition) is 1. The molecule has 1 saturated carbocycles. The van der Waals surface area contributed by atoms with Gasteiger partial charge in [-0.15, -0.1) is 0 Å². The van der Waals surface area contributed by atoms with E-state index in [4.69, 9.17) is 0 Å². The van der Waals surface area contributed by atoms with E-state index in [1.807, 2.05) is 6.33 Å². The van der Waals surface area contributed by atoms with E-state index in [0.29, 0.717) is 23.3 Å². The molecule has 5 aromatic rings. The third-order valence-electron chi connectivity index (χ3n) is 9.15. The predicted molar refractivity (Wildman–Crippen MR) is 169 cm³/mol. The van der Waals surface area contributed by atoms with Crippen LogP contribution in [0, 0.1) is 12.8 Å². The lowest BCUT2D eigenvalue weighted by Crippen LogP contribution is -2.30. The minimum absolute atomic E-state index is 0.162. The summed E-state index contributed by atoms with van der Waals surface area (Å²) in [6, 6.07) is 29.9. The smallest absolute Gasteiger partial charge is 0.222 e. The first kappa shape index (κ1) is 27.8. The molecule has 2 heterocycles. The number of rotatable bonds is 9. The Morgan fingerprint density at radius 1 is 0.905 bits per heavy atom. The lowest BCUT2D eigenvalue weighted by molar-refractivity contribution is -0.114. The van der Waals surface area contributed by atoms with Crippen molar-refractivity contribution in [2.45, 2.75) is 70.8 Å². The summed E-state index contributed by atoms with van der Waals surface area (Å²) < 4.78 is 2.19. The Bertz CT molecular complexity index is 1660. The molecule has 1 aliphatic carbocycles. The number of nitrogens with one attached hydrogen (secondary N) is 1. The molecule has 3 atom stereocenters. The van der Waals surface area contributed by atoms with E-state index in [1.165, 1.54) is 47.5 Å². The normalized spacial score (nSPS) is 18.2. The van der Waals surface area contributed by atoms with E-state index in [0.717, 1.165) is 37.8 Å². The van der Waals surface area contributed by atoms with Crippen molar-refractivity contribution in [3.63, 3.8) is 0 Å². The summed E-state index contributed by atoms with van der Waals surface area (Å²) in [6.45, 7) is 5.86. The van der Waals surface area contributed by atoms with Crippen LogP contribution in [-0.2, 0) is 16.6 Å². The van der Waals surface area contributed by atoms with Crippen molar-refractivity contribution in [2.75, 3.05) is 5.32 Å². The van der Waals surface area contributed by atoms with Crippen LogP contribution >= 0.6 is 0 Å². The fraction of sp³-hybridized carbons (Fsp3) is 0.333. The molecule has 214 valence electrons. The molecule has 6 nitrogen and oxygen atoms in total. The quantitative estimate of drug-likeness (QED) is 0.188. The van der Waals surface area contributed by atoms with E-state index in [-0.39, 0.29) is 11.3 Å². The summed E-state index contributed by atoms with van der Waals surface area (Å²) >= 11 is 0. The largest absolute Gasteiger partial charge is 0.312 e. The molecule has 6 heteroatoms. The van der Waals surface area contributed by atoms with E-state index < -0.39 is 0 Å². The van der Waals surface area contributed by atoms with Gasteiger partial charge < -0.3 is 9.88 Å². The Hall–Kier alpha value is -4.32. The summed E-state index contributed by atoms with van der Waals surface area (Å²) in [6.07, 6.45) is 9.90. The van der Waals surface area contributed by atoms with Gasteiger partial charge in [0, 0.05) is 18.4 Å². The second-order valence-electron chi connectivity index (χ2n) is 11.8. The van der Waals surface area contributed by atoms with E-state index in [9.17, 15) is 4.79 Å². The molecular formula is C36H39N5O. The van der Waals surface area contributed by atoms with Crippen LogP contribution in [0.4, 0.5) is 5.82 Å². The average molecular weight is 558 g/mol. The maximum atomic E-state index is 11.7. The summed E-state index contributed by atoms with van der Waals surface area (Å²) in [4.78, 5) is 25.0. The van der Waals surface area contributed by atoms with Gasteiger partial charge in [0.1, 0.15) is 6.33 Å². The highest BCUT2D eigenvalue weighted by atomic mass is 16.1. The van der Waals surface area contributed by atoms with Crippen molar-refractivity contribution < 1.29 is 4.79 Å². The second kappa shape index (κ2) is 11.9. The third-order valence-corrected chi connectivity index (χ3v) is 9.15. The highest BCUT2D eigenvalue weighted by molar-refractivity contribution is 5.95. The molecular weight excluding hydrogens is 518 g/mol. The first-order valence-electron chi connectivity index (χ1n) is 15.1. The van der Waals surface area contributed by atoms with Gasteiger partial charge in [-0.1, -0.05) is 91.3 Å². The SMILES string of the molecule is CCc1ccc(C(CCC2CCC(n3cnc4c(NC(C)=O)ncnc43)C2)(c2ccccc2)c2ccc(C)cc2)cc1. The molecule has 0 radical (unpaired) electrons. The second-order valence-corrected chi connectivity index (χ2v) is 11.8. The van der Waals surface area contributed by atoms with E-state index >= 15 is 0 Å². The first-order chi connectivity index (χ1) is 20.5. The summed E-state index contributed by atoms with van der Waals surface area (Å²) in [5, 5.41) is 2.79. The fourth-order valence-electron chi connectivity index (χ4n) is 6.88. The summed E-state index contributed by atoms with van der Waals surface area (Å²) in [5.74, 6) is 0.901. The van der Waals surface area contributed by atoms with Gasteiger partial charge in [-0.05, 0) is 73.6 Å². The zero-order valence-electron chi connectivity index (χ0n) is 24.8. The van der Waals surface area contributed by atoms with Crippen LogP contribution in [0.5, 0.6) is 0 Å². The van der Waals surface area contributed by atoms with Crippen LogP contribution in [0.25, 0.3) is 11.2 Å². The number of carbonyl (C=O) groups excluding carboxylic acids is 1. The number of fused-ring (bicyclic) bond motifs is 1. The van der Waals surface area contributed by atoms with Crippen LogP contribution in [-0.4, -0.2) is 25.4 Å². The molecule has 0 aliphatic heterocycles. The van der Waals surface area contributed by atoms with Crippen molar-refractivity contribution in [3.05, 3.63) is 119 Å². The van der Waals surface area contributed by atoms with Crippen molar-refractivity contribution in [1.82, 2.24) is 19.5 Å². The summed E-state index contributed by atoms with van der Waals surface area (Å²) in [7, 11) is 0. The Morgan fingerprint density at radius 2 is 1.60 bits per heavy atom. The predicted octanol–water partition coefficient (Wildman–Crippen LogP) is 7.81. The lowest BCUT2D eigenvalue weighted by Gasteiger charge is -2.37. The number of hydrogen-bond acceptors (Lipinski definition) is 4. The molecule has 1 aliphatic rings. The highest BCUT2D eigenvalue weighted by Crippen LogP contribution is 2.47. The fourth-order valence-corrected chi connectivity index (χ4v) is 6.88. The molecule has 0 bridgehead atoms. The lowest BCUT2D eigenvalue weighted by atomic mass is 9.65. The number of aryl methyl sites for hydroxylation is 2. The van der Waals surface area contributed by atoms with Gasteiger partial charge in [0.05, 0.1) is 6.33 Å². The number of anilines is 1. The van der Waals surface area contributed by atoms with Gasteiger partial charge in [-0.25, -0.2) is 15.0 Å². The van der Waals surface area contributed by atoms with Crippen LogP contribution in [0.15, 0.2) is 91.5 Å². The number of carbonyl (C=O) groups is 1. The van der Waals surface area contributed by atoms with Crippen molar-refractivity contribution >= 4 is 22.9 Å². The van der Waals surface area contributed by atoms with Crippen LogP contribution in [0.1, 0.15) is 79.8 Å².